The molecule has 2 heterocycles. The van der Waals surface area contributed by atoms with E-state index in [4.69, 9.17) is 4.52 Å². The summed E-state index contributed by atoms with van der Waals surface area (Å²) in [5.74, 6) is -0.0191. The van der Waals surface area contributed by atoms with Crippen LogP contribution in [0.3, 0.4) is 0 Å². The van der Waals surface area contributed by atoms with Gasteiger partial charge in [-0.3, -0.25) is 19.3 Å². The molecular formula is C18H17N5O5S. The molecule has 0 fully saturated rings. The lowest BCUT2D eigenvalue weighted by atomic mass is 10.2. The highest BCUT2D eigenvalue weighted by Gasteiger charge is 2.16. The van der Waals surface area contributed by atoms with Crippen molar-refractivity contribution in [3.05, 3.63) is 60.1 Å². The molecular weight excluding hydrogens is 398 g/mol. The highest BCUT2D eigenvalue weighted by atomic mass is 32.2. The number of pyridine rings is 1. The topological polar surface area (TPSA) is 143 Å². The number of anilines is 3. The highest BCUT2D eigenvalue weighted by molar-refractivity contribution is 7.92. The molecule has 0 aliphatic rings. The largest absolute Gasteiger partial charge is 0.360 e. The van der Waals surface area contributed by atoms with Crippen molar-refractivity contribution in [2.24, 2.45) is 0 Å². The molecule has 0 saturated carbocycles. The van der Waals surface area contributed by atoms with Gasteiger partial charge in [-0.05, 0) is 37.3 Å². The summed E-state index contributed by atoms with van der Waals surface area (Å²) in [5.41, 5.74) is 0.714. The second-order valence-corrected chi connectivity index (χ2v) is 7.73. The first kappa shape index (κ1) is 20.0. The first-order valence-corrected chi connectivity index (χ1v) is 9.81. The van der Waals surface area contributed by atoms with Crippen LogP contribution in [0, 0.1) is 6.92 Å². The van der Waals surface area contributed by atoms with E-state index in [0.29, 0.717) is 11.4 Å². The van der Waals surface area contributed by atoms with Crippen LogP contribution in [0.5, 0.6) is 0 Å². The minimum absolute atomic E-state index is 0.0143. The van der Waals surface area contributed by atoms with Crippen molar-refractivity contribution in [2.45, 2.75) is 18.7 Å². The van der Waals surface area contributed by atoms with Gasteiger partial charge >= 0.3 is 0 Å². The normalized spacial score (nSPS) is 11.0. The Morgan fingerprint density at radius 1 is 1.00 bits per heavy atom. The third kappa shape index (κ3) is 5.17. The molecule has 11 heteroatoms. The second kappa shape index (κ2) is 8.10. The van der Waals surface area contributed by atoms with Gasteiger partial charge < -0.3 is 15.2 Å². The Morgan fingerprint density at radius 2 is 1.72 bits per heavy atom. The molecule has 0 radical (unpaired) electrons. The molecule has 3 N–H and O–H groups in total. The van der Waals surface area contributed by atoms with Crippen molar-refractivity contribution < 1.29 is 22.5 Å². The van der Waals surface area contributed by atoms with Crippen molar-refractivity contribution >= 4 is 39.0 Å². The van der Waals surface area contributed by atoms with Gasteiger partial charge in [-0.25, -0.2) is 8.42 Å². The molecule has 0 saturated heterocycles. The van der Waals surface area contributed by atoms with Gasteiger partial charge in [0.25, 0.3) is 15.9 Å². The first-order valence-electron chi connectivity index (χ1n) is 8.33. The molecule has 3 rings (SSSR count). The molecule has 0 atom stereocenters. The molecule has 1 aromatic carbocycles. The van der Waals surface area contributed by atoms with E-state index >= 15 is 0 Å². The van der Waals surface area contributed by atoms with Crippen molar-refractivity contribution in [3.8, 4) is 0 Å². The monoisotopic (exact) mass is 415 g/mol. The average molecular weight is 415 g/mol. The standard InChI is InChI=1S/C18H17N5O5S/c1-11-7-17(22-28-11)21-18(25)13-8-15(10-19-9-13)23-29(26,27)16-5-3-14(4-6-16)20-12(2)24/h3-10,23H,1-2H3,(H,20,24)(H,21,22,25). The molecule has 150 valence electrons. The number of carbonyl (C=O) groups excluding carboxylic acids is 2. The van der Waals surface area contributed by atoms with Crippen LogP contribution in [0.2, 0.25) is 0 Å². The maximum atomic E-state index is 12.6. The zero-order valence-electron chi connectivity index (χ0n) is 15.5. The van der Waals surface area contributed by atoms with Crippen LogP contribution >= 0.6 is 0 Å². The number of aryl methyl sites for hydroxylation is 1. The van der Waals surface area contributed by atoms with E-state index in [2.05, 4.69) is 25.5 Å². The van der Waals surface area contributed by atoms with Gasteiger partial charge in [0.1, 0.15) is 5.76 Å². The van der Waals surface area contributed by atoms with E-state index in [9.17, 15) is 18.0 Å². The molecule has 3 aromatic rings. The summed E-state index contributed by atoms with van der Waals surface area (Å²) in [6, 6.07) is 8.53. The fourth-order valence-electron chi connectivity index (χ4n) is 2.37. The highest BCUT2D eigenvalue weighted by Crippen LogP contribution is 2.19. The maximum absolute atomic E-state index is 12.6. The third-order valence-electron chi connectivity index (χ3n) is 3.61. The van der Waals surface area contributed by atoms with Crippen LogP contribution in [0.25, 0.3) is 0 Å². The number of nitrogens with zero attached hydrogens (tertiary/aromatic N) is 2. The molecule has 0 aliphatic carbocycles. The molecule has 0 spiro atoms. The van der Waals surface area contributed by atoms with Gasteiger partial charge in [0.2, 0.25) is 5.91 Å². The van der Waals surface area contributed by atoms with Gasteiger partial charge in [-0.1, -0.05) is 5.16 Å². The van der Waals surface area contributed by atoms with E-state index in [1.807, 2.05) is 0 Å². The van der Waals surface area contributed by atoms with Crippen LogP contribution in [0.15, 0.2) is 58.2 Å². The summed E-state index contributed by atoms with van der Waals surface area (Å²) in [4.78, 5) is 27.2. The second-order valence-electron chi connectivity index (χ2n) is 6.05. The van der Waals surface area contributed by atoms with E-state index in [0.717, 1.165) is 0 Å². The van der Waals surface area contributed by atoms with Crippen LogP contribution in [0.1, 0.15) is 23.0 Å². The smallest absolute Gasteiger partial charge is 0.261 e. The quantitative estimate of drug-likeness (QED) is 0.561. The Labute approximate surface area is 166 Å². The van der Waals surface area contributed by atoms with Gasteiger partial charge in [-0.15, -0.1) is 0 Å². The van der Waals surface area contributed by atoms with Crippen molar-refractivity contribution in [1.82, 2.24) is 10.1 Å². The first-order chi connectivity index (χ1) is 13.7. The molecule has 0 bridgehead atoms. The lowest BCUT2D eigenvalue weighted by Crippen LogP contribution is -2.16. The van der Waals surface area contributed by atoms with Crippen LogP contribution in [-0.2, 0) is 14.8 Å². The Morgan fingerprint density at radius 3 is 2.34 bits per heavy atom. The van der Waals surface area contributed by atoms with Gasteiger partial charge in [0.05, 0.1) is 22.3 Å². The van der Waals surface area contributed by atoms with E-state index < -0.39 is 15.9 Å². The number of rotatable bonds is 6. The minimum atomic E-state index is -3.92. The number of benzene rings is 1. The number of carbonyl (C=O) groups is 2. The molecule has 0 unspecified atom stereocenters. The van der Waals surface area contributed by atoms with Crippen LogP contribution in [-0.4, -0.2) is 30.4 Å². The van der Waals surface area contributed by atoms with E-state index in [-0.39, 0.29) is 27.9 Å². The number of aromatic nitrogens is 2. The number of hydrogen-bond donors (Lipinski definition) is 3. The van der Waals surface area contributed by atoms with Crippen molar-refractivity contribution in [2.75, 3.05) is 15.4 Å². The SMILES string of the molecule is CC(=O)Nc1ccc(S(=O)(=O)Nc2cncc(C(=O)Nc3cc(C)on3)c2)cc1. The Hall–Kier alpha value is -3.73. The molecule has 2 aromatic heterocycles. The zero-order chi connectivity index (χ0) is 21.0. The van der Waals surface area contributed by atoms with Crippen LogP contribution < -0.4 is 15.4 Å². The number of sulfonamides is 1. The summed E-state index contributed by atoms with van der Waals surface area (Å²) >= 11 is 0. The van der Waals surface area contributed by atoms with Crippen molar-refractivity contribution in [1.29, 1.82) is 0 Å². The van der Waals surface area contributed by atoms with Gasteiger partial charge in [0, 0.05) is 24.9 Å². The zero-order valence-corrected chi connectivity index (χ0v) is 16.3. The fraction of sp³-hybridized carbons (Fsp3) is 0.111. The van der Waals surface area contributed by atoms with Gasteiger partial charge in [0.15, 0.2) is 5.82 Å². The third-order valence-corrected chi connectivity index (χ3v) is 5.00. The molecule has 10 nitrogen and oxygen atoms in total. The summed E-state index contributed by atoms with van der Waals surface area (Å²) in [7, 11) is -3.92. The number of hydrogen-bond acceptors (Lipinski definition) is 7. The molecule has 29 heavy (non-hydrogen) atoms. The average Bonchev–Trinajstić information content (AvgIpc) is 3.06. The Balaban J connectivity index is 1.74. The number of amides is 2. The Bertz CT molecular complexity index is 1160. The summed E-state index contributed by atoms with van der Waals surface area (Å²) in [6.45, 7) is 3.04. The lowest BCUT2D eigenvalue weighted by molar-refractivity contribution is -0.114. The van der Waals surface area contributed by atoms with Gasteiger partial charge in [-0.2, -0.15) is 0 Å². The Kier molecular flexibility index (Phi) is 5.59. The number of nitrogens with one attached hydrogen (secondary N) is 3. The van der Waals surface area contributed by atoms with Crippen LogP contribution in [0.4, 0.5) is 17.2 Å². The minimum Gasteiger partial charge on any atom is -0.360 e. The van der Waals surface area contributed by atoms with Crippen molar-refractivity contribution in [3.63, 3.8) is 0 Å². The fourth-order valence-corrected chi connectivity index (χ4v) is 3.40. The summed E-state index contributed by atoms with van der Waals surface area (Å²) in [5, 5.41) is 8.74. The predicted octanol–water partition coefficient (Wildman–Crippen LogP) is 2.39. The van der Waals surface area contributed by atoms with E-state index in [1.165, 1.54) is 49.6 Å². The summed E-state index contributed by atoms with van der Waals surface area (Å²) < 4.78 is 32.4. The maximum Gasteiger partial charge on any atom is 0.261 e. The molecule has 0 aliphatic heterocycles. The predicted molar refractivity (Wildman–Crippen MR) is 105 cm³/mol. The lowest BCUT2D eigenvalue weighted by Gasteiger charge is -2.10. The molecule has 2 amide bonds. The summed E-state index contributed by atoms with van der Waals surface area (Å²) in [6.07, 6.45) is 2.57. The van der Waals surface area contributed by atoms with E-state index in [1.54, 1.807) is 13.0 Å².